The zero-order chi connectivity index (χ0) is 18.6. The summed E-state index contributed by atoms with van der Waals surface area (Å²) in [7, 11) is 0. The first-order chi connectivity index (χ1) is 11.7. The normalized spacial score (nSPS) is 16.5. The molecule has 1 aromatic carbocycles. The number of carbonyl (C=O) groups is 3. The summed E-state index contributed by atoms with van der Waals surface area (Å²) >= 11 is 0.811. The predicted octanol–water partition coefficient (Wildman–Crippen LogP) is 3.46. The predicted molar refractivity (Wildman–Crippen MR) is 96.1 cm³/mol. The van der Waals surface area contributed by atoms with Gasteiger partial charge in [0.05, 0.1) is 11.5 Å². The number of ether oxygens (including phenoxy) is 2. The number of hydrogen-bond donors (Lipinski definition) is 0. The van der Waals surface area contributed by atoms with Crippen LogP contribution in [0.15, 0.2) is 29.2 Å². The summed E-state index contributed by atoms with van der Waals surface area (Å²) in [4.78, 5) is 37.4. The molecule has 0 bridgehead atoms. The van der Waals surface area contributed by atoms with Crippen LogP contribution in [0.2, 0.25) is 0 Å². The Morgan fingerprint density at radius 1 is 1.20 bits per heavy atom. The lowest BCUT2D eigenvalue weighted by Crippen LogP contribution is -2.37. The number of carbonyl (C=O) groups excluding carboxylic acids is 3. The van der Waals surface area contributed by atoms with Gasteiger partial charge in [0.15, 0.2) is 0 Å². The smallest absolute Gasteiger partial charge is 0.326 e. The van der Waals surface area contributed by atoms with Crippen LogP contribution in [0.5, 0.6) is 5.75 Å². The standard InChI is InChI=1S/C18H21NO5S/c1-5-23-13-8-6-12(7-9-13)10-14-16(21)19(17(22)25-14)11-15(20)24-18(2,3)4/h6-10H,5,11H2,1-4H3/b14-10-. The Morgan fingerprint density at radius 3 is 2.40 bits per heavy atom. The molecule has 1 aliphatic heterocycles. The maximum atomic E-state index is 12.4. The Bertz CT molecular complexity index is 703. The molecule has 0 radical (unpaired) electrons. The highest BCUT2D eigenvalue weighted by Crippen LogP contribution is 2.32. The molecule has 0 spiro atoms. The third kappa shape index (κ3) is 5.35. The van der Waals surface area contributed by atoms with Crippen LogP contribution in [0, 0.1) is 0 Å². The lowest BCUT2D eigenvalue weighted by atomic mass is 10.2. The molecule has 1 aromatic rings. The molecule has 0 aromatic heterocycles. The Kier molecular flexibility index (Phi) is 5.89. The monoisotopic (exact) mass is 363 g/mol. The van der Waals surface area contributed by atoms with Gasteiger partial charge in [-0.15, -0.1) is 0 Å². The van der Waals surface area contributed by atoms with E-state index in [1.807, 2.05) is 6.92 Å². The van der Waals surface area contributed by atoms with Gasteiger partial charge in [-0.25, -0.2) is 0 Å². The van der Waals surface area contributed by atoms with Gasteiger partial charge in [0.1, 0.15) is 17.9 Å². The number of nitrogens with zero attached hydrogens (tertiary/aromatic N) is 1. The summed E-state index contributed by atoms with van der Waals surface area (Å²) in [5.74, 6) is -0.371. The molecule has 25 heavy (non-hydrogen) atoms. The van der Waals surface area contributed by atoms with Crippen molar-refractivity contribution in [2.75, 3.05) is 13.2 Å². The highest BCUT2D eigenvalue weighted by Gasteiger charge is 2.37. The van der Waals surface area contributed by atoms with Crippen molar-refractivity contribution in [1.29, 1.82) is 0 Å². The number of esters is 1. The summed E-state index contributed by atoms with van der Waals surface area (Å²) in [6.45, 7) is 7.26. The second kappa shape index (κ2) is 7.74. The third-order valence-electron chi connectivity index (χ3n) is 3.07. The van der Waals surface area contributed by atoms with Crippen molar-refractivity contribution >= 4 is 35.0 Å². The topological polar surface area (TPSA) is 72.9 Å². The van der Waals surface area contributed by atoms with Crippen LogP contribution in [-0.2, 0) is 14.3 Å². The van der Waals surface area contributed by atoms with E-state index < -0.39 is 22.7 Å². The van der Waals surface area contributed by atoms with Gasteiger partial charge in [0, 0.05) is 0 Å². The summed E-state index contributed by atoms with van der Waals surface area (Å²) in [6, 6.07) is 7.18. The molecule has 0 N–H and O–H groups in total. The average molecular weight is 363 g/mol. The summed E-state index contributed by atoms with van der Waals surface area (Å²) in [5, 5.41) is -0.479. The van der Waals surface area contributed by atoms with E-state index in [-0.39, 0.29) is 11.4 Å². The van der Waals surface area contributed by atoms with Crippen molar-refractivity contribution in [2.45, 2.75) is 33.3 Å². The molecule has 134 valence electrons. The number of hydrogen-bond acceptors (Lipinski definition) is 6. The van der Waals surface area contributed by atoms with Gasteiger partial charge in [-0.3, -0.25) is 19.3 Å². The maximum absolute atomic E-state index is 12.4. The molecule has 1 aliphatic rings. The van der Waals surface area contributed by atoms with Gasteiger partial charge in [-0.05, 0) is 63.2 Å². The van der Waals surface area contributed by atoms with E-state index in [9.17, 15) is 14.4 Å². The molecule has 0 saturated carbocycles. The Hall–Kier alpha value is -2.28. The van der Waals surface area contributed by atoms with Crippen molar-refractivity contribution in [3.8, 4) is 5.75 Å². The first-order valence-electron chi connectivity index (χ1n) is 7.89. The van der Waals surface area contributed by atoms with E-state index in [4.69, 9.17) is 9.47 Å². The molecule has 1 heterocycles. The number of amides is 2. The molecule has 2 amide bonds. The van der Waals surface area contributed by atoms with Crippen molar-refractivity contribution in [2.24, 2.45) is 0 Å². The molecule has 6 nitrogen and oxygen atoms in total. The number of imide groups is 1. The summed E-state index contributed by atoms with van der Waals surface area (Å²) < 4.78 is 10.5. The van der Waals surface area contributed by atoms with E-state index in [0.717, 1.165) is 28.0 Å². The Labute approximate surface area is 151 Å². The molecule has 0 atom stereocenters. The fourth-order valence-electron chi connectivity index (χ4n) is 2.12. The Morgan fingerprint density at radius 2 is 1.84 bits per heavy atom. The van der Waals surface area contributed by atoms with Gasteiger partial charge >= 0.3 is 5.97 Å². The first-order valence-corrected chi connectivity index (χ1v) is 8.71. The van der Waals surface area contributed by atoms with Gasteiger partial charge in [-0.2, -0.15) is 0 Å². The second-order valence-corrected chi connectivity index (χ2v) is 7.35. The zero-order valence-corrected chi connectivity index (χ0v) is 15.5. The highest BCUT2D eigenvalue weighted by molar-refractivity contribution is 8.18. The van der Waals surface area contributed by atoms with Crippen LogP contribution in [0.25, 0.3) is 6.08 Å². The summed E-state index contributed by atoms with van der Waals surface area (Å²) in [6.07, 6.45) is 1.62. The van der Waals surface area contributed by atoms with Gasteiger partial charge < -0.3 is 9.47 Å². The molecule has 2 rings (SSSR count). The SMILES string of the molecule is CCOc1ccc(/C=C2\SC(=O)N(CC(=O)OC(C)(C)C)C2=O)cc1. The maximum Gasteiger partial charge on any atom is 0.326 e. The average Bonchev–Trinajstić information content (AvgIpc) is 2.75. The fraction of sp³-hybridized carbons (Fsp3) is 0.389. The minimum absolute atomic E-state index is 0.276. The first kappa shape index (κ1) is 19.1. The quantitative estimate of drug-likeness (QED) is 0.589. The van der Waals surface area contributed by atoms with Gasteiger partial charge in [0.2, 0.25) is 0 Å². The van der Waals surface area contributed by atoms with Crippen molar-refractivity contribution < 1.29 is 23.9 Å². The van der Waals surface area contributed by atoms with E-state index in [2.05, 4.69) is 0 Å². The lowest BCUT2D eigenvalue weighted by Gasteiger charge is -2.21. The third-order valence-corrected chi connectivity index (χ3v) is 3.98. The summed E-state index contributed by atoms with van der Waals surface area (Å²) in [5.41, 5.74) is 0.100. The van der Waals surface area contributed by atoms with Gasteiger partial charge in [0.25, 0.3) is 11.1 Å². The van der Waals surface area contributed by atoms with Crippen LogP contribution >= 0.6 is 11.8 Å². The molecular weight excluding hydrogens is 342 g/mol. The van der Waals surface area contributed by atoms with E-state index in [1.165, 1.54) is 0 Å². The minimum atomic E-state index is -0.670. The van der Waals surface area contributed by atoms with E-state index in [0.29, 0.717) is 6.61 Å². The zero-order valence-electron chi connectivity index (χ0n) is 14.7. The Balaban J connectivity index is 2.08. The van der Waals surface area contributed by atoms with Gasteiger partial charge in [-0.1, -0.05) is 12.1 Å². The molecule has 7 heteroatoms. The van der Waals surface area contributed by atoms with E-state index >= 15 is 0 Å². The number of thioether (sulfide) groups is 1. The minimum Gasteiger partial charge on any atom is -0.494 e. The lowest BCUT2D eigenvalue weighted by molar-refractivity contribution is -0.156. The van der Waals surface area contributed by atoms with Crippen LogP contribution < -0.4 is 4.74 Å². The molecular formula is C18H21NO5S. The number of rotatable bonds is 5. The molecule has 0 unspecified atom stereocenters. The highest BCUT2D eigenvalue weighted by atomic mass is 32.2. The van der Waals surface area contributed by atoms with Crippen LogP contribution in [0.1, 0.15) is 33.3 Å². The van der Waals surface area contributed by atoms with Crippen molar-refractivity contribution in [1.82, 2.24) is 4.90 Å². The fourth-order valence-corrected chi connectivity index (χ4v) is 2.96. The largest absolute Gasteiger partial charge is 0.494 e. The molecule has 1 saturated heterocycles. The second-order valence-electron chi connectivity index (χ2n) is 6.36. The van der Waals surface area contributed by atoms with Crippen molar-refractivity contribution in [3.63, 3.8) is 0 Å². The van der Waals surface area contributed by atoms with Crippen LogP contribution in [0.4, 0.5) is 4.79 Å². The van der Waals surface area contributed by atoms with Crippen LogP contribution in [0.3, 0.4) is 0 Å². The van der Waals surface area contributed by atoms with Crippen molar-refractivity contribution in [3.05, 3.63) is 34.7 Å². The number of benzene rings is 1. The molecule has 0 aliphatic carbocycles. The van der Waals surface area contributed by atoms with Crippen LogP contribution in [-0.4, -0.2) is 40.8 Å². The molecule has 1 fully saturated rings. The van der Waals surface area contributed by atoms with E-state index in [1.54, 1.807) is 51.1 Å².